The van der Waals surface area contributed by atoms with Gasteiger partial charge in [-0.05, 0) is 23.1 Å². The van der Waals surface area contributed by atoms with Crippen LogP contribution in [0.3, 0.4) is 0 Å². The largest absolute Gasteiger partial charge is 0.347 e. The predicted molar refractivity (Wildman–Crippen MR) is 96.6 cm³/mol. The Balaban J connectivity index is 1.47. The van der Waals surface area contributed by atoms with E-state index in [0.29, 0.717) is 13.1 Å². The third-order valence-electron chi connectivity index (χ3n) is 4.55. The van der Waals surface area contributed by atoms with Crippen molar-refractivity contribution in [2.24, 2.45) is 5.73 Å². The van der Waals surface area contributed by atoms with Gasteiger partial charge in [-0.3, -0.25) is 9.59 Å². The summed E-state index contributed by atoms with van der Waals surface area (Å²) in [6, 6.07) is 17.3. The van der Waals surface area contributed by atoms with Gasteiger partial charge < -0.3 is 16.0 Å². The predicted octanol–water partition coefficient (Wildman–Crippen LogP) is 1.78. The number of carbonyl (C=O) groups excluding carboxylic acids is 2. The first-order valence-corrected chi connectivity index (χ1v) is 8.55. The Morgan fingerprint density at radius 2 is 1.72 bits per heavy atom. The van der Waals surface area contributed by atoms with Gasteiger partial charge in [0.05, 0.1) is 6.54 Å². The average molecular weight is 337 g/mol. The molecule has 1 aliphatic rings. The summed E-state index contributed by atoms with van der Waals surface area (Å²) in [7, 11) is 0. The molecule has 0 saturated carbocycles. The number of hydrogen-bond donors (Lipinski definition) is 2. The highest BCUT2D eigenvalue weighted by molar-refractivity contribution is 5.85. The van der Waals surface area contributed by atoms with Gasteiger partial charge >= 0.3 is 0 Å². The highest BCUT2D eigenvalue weighted by Gasteiger charge is 2.21. The number of hydrogen-bond acceptors (Lipinski definition) is 3. The molecule has 5 nitrogen and oxygen atoms in total. The standard InChI is InChI=1S/C20H23N3O2/c21-18(16-7-2-1-3-8-16)12-19(24)22-13-20(25)23-11-10-15-6-4-5-9-17(15)14-23/h1-9,18H,10-14,21H2,(H,22,24). The molecule has 3 rings (SSSR count). The van der Waals surface area contributed by atoms with Crippen molar-refractivity contribution in [3.63, 3.8) is 0 Å². The zero-order valence-electron chi connectivity index (χ0n) is 14.2. The Morgan fingerprint density at radius 3 is 2.48 bits per heavy atom. The van der Waals surface area contributed by atoms with E-state index < -0.39 is 0 Å². The maximum atomic E-state index is 12.3. The van der Waals surface area contributed by atoms with Crippen molar-refractivity contribution in [2.45, 2.75) is 25.4 Å². The second-order valence-corrected chi connectivity index (χ2v) is 6.33. The van der Waals surface area contributed by atoms with Crippen LogP contribution in [-0.2, 0) is 22.6 Å². The van der Waals surface area contributed by atoms with Gasteiger partial charge in [0.25, 0.3) is 0 Å². The summed E-state index contributed by atoms with van der Waals surface area (Å²) in [5, 5.41) is 2.69. The summed E-state index contributed by atoms with van der Waals surface area (Å²) in [4.78, 5) is 26.2. The molecule has 0 spiro atoms. The lowest BCUT2D eigenvalue weighted by molar-refractivity contribution is -0.133. The minimum absolute atomic E-state index is 0.0164. The summed E-state index contributed by atoms with van der Waals surface area (Å²) in [5.74, 6) is -0.266. The zero-order chi connectivity index (χ0) is 17.6. The molecule has 2 aromatic carbocycles. The number of nitrogens with zero attached hydrogens (tertiary/aromatic N) is 1. The Kier molecular flexibility index (Phi) is 5.46. The smallest absolute Gasteiger partial charge is 0.242 e. The molecule has 0 bridgehead atoms. The number of nitrogens with two attached hydrogens (primary N) is 1. The van der Waals surface area contributed by atoms with Gasteiger partial charge in [0.1, 0.15) is 0 Å². The Labute approximate surface area is 147 Å². The summed E-state index contributed by atoms with van der Waals surface area (Å²) >= 11 is 0. The third kappa shape index (κ3) is 4.45. The molecular formula is C20H23N3O2. The highest BCUT2D eigenvalue weighted by Crippen LogP contribution is 2.18. The quantitative estimate of drug-likeness (QED) is 0.873. The van der Waals surface area contributed by atoms with Crippen LogP contribution in [0.2, 0.25) is 0 Å². The van der Waals surface area contributed by atoms with E-state index in [9.17, 15) is 9.59 Å². The number of nitrogens with one attached hydrogen (secondary N) is 1. The molecule has 0 radical (unpaired) electrons. The molecule has 0 saturated heterocycles. The van der Waals surface area contributed by atoms with Crippen LogP contribution < -0.4 is 11.1 Å². The number of fused-ring (bicyclic) bond motifs is 1. The van der Waals surface area contributed by atoms with Crippen LogP contribution in [0.5, 0.6) is 0 Å². The number of amides is 2. The maximum absolute atomic E-state index is 12.3. The van der Waals surface area contributed by atoms with E-state index in [1.54, 1.807) is 4.90 Å². The molecule has 1 unspecified atom stereocenters. The van der Waals surface area contributed by atoms with Crippen LogP contribution in [0.4, 0.5) is 0 Å². The SMILES string of the molecule is NC(CC(=O)NCC(=O)N1CCc2ccccc2C1)c1ccccc1. The fourth-order valence-corrected chi connectivity index (χ4v) is 3.08. The van der Waals surface area contributed by atoms with E-state index in [-0.39, 0.29) is 30.8 Å². The van der Waals surface area contributed by atoms with E-state index in [4.69, 9.17) is 5.73 Å². The molecule has 0 aromatic heterocycles. The van der Waals surface area contributed by atoms with E-state index in [2.05, 4.69) is 11.4 Å². The number of benzene rings is 2. The molecule has 2 amide bonds. The summed E-state index contributed by atoms with van der Waals surface area (Å²) < 4.78 is 0. The van der Waals surface area contributed by atoms with Crippen LogP contribution in [0.25, 0.3) is 0 Å². The van der Waals surface area contributed by atoms with Crippen LogP contribution in [-0.4, -0.2) is 29.8 Å². The molecule has 0 aliphatic carbocycles. The van der Waals surface area contributed by atoms with Crippen LogP contribution in [0.15, 0.2) is 54.6 Å². The Hall–Kier alpha value is -2.66. The first-order valence-electron chi connectivity index (χ1n) is 8.55. The summed E-state index contributed by atoms with van der Waals surface area (Å²) in [5.41, 5.74) is 9.43. The highest BCUT2D eigenvalue weighted by atomic mass is 16.2. The van der Waals surface area contributed by atoms with Crippen molar-refractivity contribution in [2.75, 3.05) is 13.1 Å². The lowest BCUT2D eigenvalue weighted by Gasteiger charge is -2.29. The van der Waals surface area contributed by atoms with E-state index >= 15 is 0 Å². The van der Waals surface area contributed by atoms with Gasteiger partial charge in [-0.15, -0.1) is 0 Å². The normalized spacial score (nSPS) is 14.5. The first kappa shape index (κ1) is 17.2. The lowest BCUT2D eigenvalue weighted by atomic mass is 10.00. The zero-order valence-corrected chi connectivity index (χ0v) is 14.2. The van der Waals surface area contributed by atoms with E-state index in [1.807, 2.05) is 48.5 Å². The van der Waals surface area contributed by atoms with E-state index in [0.717, 1.165) is 12.0 Å². The molecule has 3 N–H and O–H groups in total. The fourth-order valence-electron chi connectivity index (χ4n) is 3.08. The fraction of sp³-hybridized carbons (Fsp3) is 0.300. The van der Waals surface area contributed by atoms with E-state index in [1.165, 1.54) is 11.1 Å². The topological polar surface area (TPSA) is 75.4 Å². The van der Waals surface area contributed by atoms with Crippen molar-refractivity contribution in [1.82, 2.24) is 10.2 Å². The number of rotatable bonds is 5. The van der Waals surface area contributed by atoms with Crippen molar-refractivity contribution >= 4 is 11.8 Å². The third-order valence-corrected chi connectivity index (χ3v) is 4.55. The summed E-state index contributed by atoms with van der Waals surface area (Å²) in [6.45, 7) is 1.31. The van der Waals surface area contributed by atoms with Gasteiger partial charge in [0, 0.05) is 25.6 Å². The Bertz CT molecular complexity index is 746. The molecule has 2 aromatic rings. The minimum Gasteiger partial charge on any atom is -0.347 e. The average Bonchev–Trinajstić information content (AvgIpc) is 2.66. The second-order valence-electron chi connectivity index (χ2n) is 6.33. The molecule has 25 heavy (non-hydrogen) atoms. The van der Waals surface area contributed by atoms with Gasteiger partial charge in [-0.1, -0.05) is 54.6 Å². The summed E-state index contributed by atoms with van der Waals surface area (Å²) in [6.07, 6.45) is 1.02. The first-order chi connectivity index (χ1) is 12.1. The maximum Gasteiger partial charge on any atom is 0.242 e. The van der Waals surface area contributed by atoms with Gasteiger partial charge in [-0.25, -0.2) is 0 Å². The molecular weight excluding hydrogens is 314 g/mol. The number of carbonyl (C=O) groups is 2. The van der Waals surface area contributed by atoms with Crippen LogP contribution in [0, 0.1) is 0 Å². The van der Waals surface area contributed by atoms with Crippen molar-refractivity contribution in [3.05, 3.63) is 71.3 Å². The van der Waals surface area contributed by atoms with Crippen LogP contribution >= 0.6 is 0 Å². The molecule has 1 atom stereocenters. The Morgan fingerprint density at radius 1 is 1.04 bits per heavy atom. The minimum atomic E-state index is -0.363. The van der Waals surface area contributed by atoms with Crippen LogP contribution in [0.1, 0.15) is 29.2 Å². The van der Waals surface area contributed by atoms with Crippen molar-refractivity contribution in [3.8, 4) is 0 Å². The van der Waals surface area contributed by atoms with Gasteiger partial charge in [0.2, 0.25) is 11.8 Å². The lowest BCUT2D eigenvalue weighted by Crippen LogP contribution is -2.42. The molecule has 0 fully saturated rings. The van der Waals surface area contributed by atoms with Crippen molar-refractivity contribution < 1.29 is 9.59 Å². The van der Waals surface area contributed by atoms with Gasteiger partial charge in [-0.2, -0.15) is 0 Å². The van der Waals surface area contributed by atoms with Crippen molar-refractivity contribution in [1.29, 1.82) is 0 Å². The molecule has 5 heteroatoms. The monoisotopic (exact) mass is 337 g/mol. The molecule has 130 valence electrons. The molecule has 1 heterocycles. The van der Waals surface area contributed by atoms with Gasteiger partial charge in [0.15, 0.2) is 0 Å². The second kappa shape index (κ2) is 7.94. The molecule has 1 aliphatic heterocycles.